The number of aliphatic carboxylic acids is 1. The van der Waals surface area contributed by atoms with E-state index in [0.29, 0.717) is 37.1 Å². The van der Waals surface area contributed by atoms with E-state index in [9.17, 15) is 75.7 Å². The van der Waals surface area contributed by atoms with E-state index in [1.165, 1.54) is 44.2 Å². The molecule has 1 aromatic heterocycles. The summed E-state index contributed by atoms with van der Waals surface area (Å²) < 4.78 is 56.7. The molecule has 3 saturated heterocycles. The number of aromatic nitrogens is 1. The van der Waals surface area contributed by atoms with Crippen molar-refractivity contribution in [1.29, 1.82) is 0 Å². The van der Waals surface area contributed by atoms with Crippen molar-refractivity contribution in [3.8, 4) is 57.1 Å². The number of nitrogens with one attached hydrogen (secondary N) is 4. The average molecular weight is 1730 g/mol. The van der Waals surface area contributed by atoms with Crippen molar-refractivity contribution in [1.82, 2.24) is 26.4 Å². The molecule has 0 aliphatic carbocycles. The van der Waals surface area contributed by atoms with Crippen LogP contribution in [0.25, 0.3) is 11.1 Å². The summed E-state index contributed by atoms with van der Waals surface area (Å²) in [6.07, 6.45) is -28.3. The van der Waals surface area contributed by atoms with Crippen molar-refractivity contribution >= 4 is 70.3 Å². The number of carboxylic acid groups (broad SMARTS) is 1. The number of unbranched alkanes of at least 4 members (excludes halogenated alkanes) is 1. The largest absolute Gasteiger partial charge is 0.508 e. The third-order valence-electron chi connectivity index (χ3n) is 22.9. The Hall–Kier alpha value is -9.71. The lowest BCUT2D eigenvalue weighted by Crippen LogP contribution is -2.64. The number of nitrogens with zero attached hydrogens (tertiary/aromatic N) is 1. The first kappa shape index (κ1) is 90.5. The summed E-state index contributed by atoms with van der Waals surface area (Å²) in [4.78, 5) is 121. The van der Waals surface area contributed by atoms with Crippen LogP contribution in [-0.2, 0) is 68.5 Å². The Morgan fingerprint density at radius 1 is 0.711 bits per heavy atom. The van der Waals surface area contributed by atoms with Gasteiger partial charge in [0.25, 0.3) is 0 Å². The maximum atomic E-state index is 16.5. The van der Waals surface area contributed by atoms with Gasteiger partial charge in [-0.1, -0.05) is 73.7 Å². The highest BCUT2D eigenvalue weighted by Crippen LogP contribution is 2.51. The van der Waals surface area contributed by atoms with Crippen LogP contribution in [0.2, 0.25) is 10.0 Å². The number of aliphatic hydroxyl groups excluding tert-OH is 8. The number of carbonyl (C=O) groups excluding carboxylic acids is 7. The Morgan fingerprint density at radius 2 is 1.36 bits per heavy atom. The van der Waals surface area contributed by atoms with Crippen molar-refractivity contribution in [2.45, 2.75) is 240 Å². The van der Waals surface area contributed by atoms with Gasteiger partial charge < -0.3 is 136 Å². The number of nitrogens with two attached hydrogens (primary N) is 2. The average Bonchev–Trinajstić information content (AvgIpc) is 0.951. The summed E-state index contributed by atoms with van der Waals surface area (Å²) in [5, 5.41) is 153. The number of ketones is 2. The third-order valence-corrected chi connectivity index (χ3v) is 23.5. The first-order valence-corrected chi connectivity index (χ1v) is 40.3. The number of benzene rings is 5. The molecule has 9 heterocycles. The standard InChI is InChI=1S/C83H99Cl2N7O29/c1-8-36(19-32(2)3)76(107)90-64-51(97)23-41(26-59(86)99)77(108)88-62-40-24-56(114-53-17-14-38(66(64)100)21-47(53)84)73(119-82-71(105)69(103)74(58(31-93)117-82)120-81-70(104)68(102)67(101)55(116-81)12-10-9-11-43-33(4)92-121-34(43)5)57(25-40)115-54-18-15-39(22-48(54)85)72(118-60-30-83(7,87)75(106)35(6)113-60)65-79(110)89-63(80(111)112)46-27-42(94)28-50(96)61(46)45-20-37(13-16-49(45)95)44(29-52(62)98)78(109)91-65/h13-18,20-22,24-25,27-28,32,35-36,41,44,55,58,60,62-72,74-75,81-82,93-96,100-106H,8-12,19,23,26,29-31,87H2,1-7H3,(H2,86,99)(H,88,108)(H,89,110)(H,90,107)(H,91,109)(H,111,112)/t35-,36+,41-,44+,55+,58+,60?,62+,63+,64-,65-,66+,67-,68-,69+,70+,71+,72+,74+,75-,81-,82-,83-/m0/s1. The lowest BCUT2D eigenvalue weighted by molar-refractivity contribution is -0.351. The highest BCUT2D eigenvalue weighted by Gasteiger charge is 2.53. The van der Waals surface area contributed by atoms with Gasteiger partial charge in [-0.05, 0) is 143 Å². The number of primary amides is 1. The minimum Gasteiger partial charge on any atom is -0.508 e. The number of carbonyl (C=O) groups is 8. The van der Waals surface area contributed by atoms with Gasteiger partial charge in [-0.15, -0.1) is 0 Å². The summed E-state index contributed by atoms with van der Waals surface area (Å²) in [5.41, 5.74) is 10.1. The molecule has 20 N–H and O–H groups in total. The van der Waals surface area contributed by atoms with Crippen molar-refractivity contribution in [3.63, 3.8) is 0 Å². The predicted octanol–water partition coefficient (Wildman–Crippen LogP) is 4.37. The smallest absolute Gasteiger partial charge is 0.330 e. The Kier molecular flexibility index (Phi) is 28.1. The van der Waals surface area contributed by atoms with Crippen LogP contribution in [0.1, 0.15) is 167 Å². The third kappa shape index (κ3) is 19.7. The zero-order chi connectivity index (χ0) is 87.8. The molecule has 121 heavy (non-hydrogen) atoms. The number of halogens is 2. The number of aromatic hydroxyl groups is 3. The molecule has 23 atom stereocenters. The molecule has 0 saturated carbocycles. The van der Waals surface area contributed by atoms with E-state index < -0.39 is 280 Å². The summed E-state index contributed by atoms with van der Waals surface area (Å²) in [6, 6.07) is 5.56. The van der Waals surface area contributed by atoms with Crippen molar-refractivity contribution in [2.75, 3.05) is 6.61 Å². The Bertz CT molecular complexity index is 4870. The van der Waals surface area contributed by atoms with Crippen LogP contribution in [0.5, 0.6) is 46.0 Å². The van der Waals surface area contributed by atoms with E-state index in [-0.39, 0.29) is 52.6 Å². The SMILES string of the molecule is CC[C@H](CC(C)C)C(=O)N[C@H]1C(=O)C[C@@H](CC(N)=O)C(=O)N[C@H]2C(=O)C[C@H]3C(=O)N[C@H](C(=O)N[C@@H](C(=O)O)c4cc(O)cc(O)c4-c4cc3ccc4O)[C@H](OC3C[C@](C)(N)[C@@H](O)[C@H](C)O3)c3ccc(c(Cl)c3)Oc3cc2cc(c3O[C@@H]2O[C@H](CO)[C@@H](O[C@@H]3O[C@H](CCCCc4c(C)noc4C)[C@H](O)[C@H](O)[C@H]3O)[C@H](O)[C@H]2O)Oc2ccc(cc2Cl)[C@H]1O. The number of rotatable bonds is 20. The number of hydrogen-bond acceptors (Lipinski definition) is 30. The number of phenolic OH excluding ortho intramolecular Hbond substituents is 3. The van der Waals surface area contributed by atoms with E-state index in [1.54, 1.807) is 20.8 Å². The number of aryl methyl sites for hydroxylation is 2. The van der Waals surface area contributed by atoms with Crippen LogP contribution in [0.15, 0.2) is 83.4 Å². The minimum atomic E-state index is -2.32. The number of Topliss-reactive ketones (excluding diaryl/α,β-unsaturated/α-hetero) is 2. The minimum absolute atomic E-state index is 0.0427. The molecule has 6 aromatic rings. The zero-order valence-corrected chi connectivity index (χ0v) is 68.2. The Labute approximate surface area is 702 Å². The van der Waals surface area contributed by atoms with E-state index >= 15 is 24.0 Å². The van der Waals surface area contributed by atoms with E-state index in [2.05, 4.69) is 26.4 Å². The summed E-state index contributed by atoms with van der Waals surface area (Å²) >= 11 is 14.5. The molecule has 1 unspecified atom stereocenters. The van der Waals surface area contributed by atoms with Gasteiger partial charge in [0.1, 0.15) is 108 Å². The van der Waals surface area contributed by atoms with Gasteiger partial charge >= 0.3 is 5.97 Å². The van der Waals surface area contributed by atoms with Crippen molar-refractivity contribution in [2.24, 2.45) is 29.2 Å². The number of fused-ring (bicyclic) bond motifs is 15. The first-order chi connectivity index (χ1) is 57.2. The Balaban J connectivity index is 1.05. The van der Waals surface area contributed by atoms with Crippen molar-refractivity contribution in [3.05, 3.63) is 134 Å². The second-order valence-electron chi connectivity index (χ2n) is 32.2. The van der Waals surface area contributed by atoms with Gasteiger partial charge in [0.05, 0.1) is 52.5 Å². The van der Waals surface area contributed by atoms with Crippen LogP contribution in [0, 0.1) is 31.6 Å². The van der Waals surface area contributed by atoms with Crippen LogP contribution in [0.4, 0.5) is 0 Å². The molecule has 8 aliphatic heterocycles. The van der Waals surface area contributed by atoms with E-state index in [4.69, 9.17) is 77.1 Å². The molecule has 654 valence electrons. The number of hydrogen-bond donors (Lipinski definition) is 18. The molecular weight excluding hydrogens is 1630 g/mol. The zero-order valence-electron chi connectivity index (χ0n) is 66.7. The molecule has 11 bridgehead atoms. The molecule has 38 heteroatoms. The monoisotopic (exact) mass is 1730 g/mol. The molecule has 8 aliphatic rings. The van der Waals surface area contributed by atoms with Gasteiger partial charge in [0.2, 0.25) is 41.6 Å². The van der Waals surface area contributed by atoms with Crippen LogP contribution < -0.4 is 46.9 Å². The number of phenols is 3. The fourth-order valence-corrected chi connectivity index (χ4v) is 16.8. The predicted molar refractivity (Wildman–Crippen MR) is 422 cm³/mol. The molecule has 0 radical (unpaired) electrons. The first-order valence-electron chi connectivity index (χ1n) is 39.6. The normalized spacial score (nSPS) is 30.5. The van der Waals surface area contributed by atoms with Gasteiger partial charge in [0.15, 0.2) is 41.7 Å². The number of amides is 5. The quantitative estimate of drug-likeness (QED) is 0.0472. The van der Waals surface area contributed by atoms with Gasteiger partial charge in [-0.3, -0.25) is 33.6 Å². The summed E-state index contributed by atoms with van der Waals surface area (Å²) in [5.74, 6) is -19.1. The molecule has 14 rings (SSSR count). The lowest BCUT2D eigenvalue weighted by atomic mass is 9.84. The number of ether oxygens (including phenoxy) is 8. The van der Waals surface area contributed by atoms with E-state index in [0.717, 1.165) is 54.1 Å². The molecular formula is C83H99Cl2N7O29. The second-order valence-corrected chi connectivity index (χ2v) is 33.1. The fraction of sp³-hybridized carbons (Fsp3) is 0.506. The van der Waals surface area contributed by atoms with Crippen LogP contribution in [-0.4, -0.2) is 218 Å². The lowest BCUT2D eigenvalue weighted by Gasteiger charge is -2.46. The molecule has 0 spiro atoms. The van der Waals surface area contributed by atoms with Crippen LogP contribution >= 0.6 is 23.2 Å². The second kappa shape index (κ2) is 37.6. The summed E-state index contributed by atoms with van der Waals surface area (Å²) in [6.45, 7) is 10.9. The number of carboxylic acids is 1. The van der Waals surface area contributed by atoms with E-state index in [1.807, 2.05) is 13.8 Å². The maximum Gasteiger partial charge on any atom is 0.330 e. The van der Waals surface area contributed by atoms with Crippen LogP contribution in [0.3, 0.4) is 0 Å². The van der Waals surface area contributed by atoms with Crippen molar-refractivity contribution < 1.29 is 142 Å². The number of aliphatic hydroxyl groups is 8. The highest BCUT2D eigenvalue weighted by atomic mass is 35.5. The van der Waals surface area contributed by atoms with Gasteiger partial charge in [-0.25, -0.2) is 4.79 Å². The Morgan fingerprint density at radius 3 is 1.98 bits per heavy atom. The molecule has 3 fully saturated rings. The highest BCUT2D eigenvalue weighted by molar-refractivity contribution is 6.32. The van der Waals surface area contributed by atoms with Gasteiger partial charge in [-0.2, -0.15) is 0 Å². The summed E-state index contributed by atoms with van der Waals surface area (Å²) in [7, 11) is 0. The van der Waals surface area contributed by atoms with Gasteiger partial charge in [0, 0.05) is 65.5 Å². The fourth-order valence-electron chi connectivity index (χ4n) is 16.3. The topological polar surface area (TPSA) is 579 Å². The molecule has 5 aromatic carbocycles. The molecule has 36 nitrogen and oxygen atoms in total. The maximum absolute atomic E-state index is 16.5. The molecule has 5 amide bonds.